The van der Waals surface area contributed by atoms with E-state index in [2.05, 4.69) is 10.3 Å². The van der Waals surface area contributed by atoms with E-state index >= 15 is 0 Å². The molecule has 2 aliphatic rings. The van der Waals surface area contributed by atoms with E-state index in [9.17, 15) is 4.79 Å². The Morgan fingerprint density at radius 3 is 2.86 bits per heavy atom. The van der Waals surface area contributed by atoms with E-state index in [-0.39, 0.29) is 12.6 Å². The molecule has 0 aliphatic heterocycles. The summed E-state index contributed by atoms with van der Waals surface area (Å²) >= 11 is 0. The second-order valence-corrected chi connectivity index (χ2v) is 6.41. The summed E-state index contributed by atoms with van der Waals surface area (Å²) in [6.07, 6.45) is 5.22. The highest BCUT2D eigenvalue weighted by Crippen LogP contribution is 2.52. The van der Waals surface area contributed by atoms with Crippen molar-refractivity contribution in [1.82, 2.24) is 15.0 Å². The second-order valence-electron chi connectivity index (χ2n) is 6.41. The summed E-state index contributed by atoms with van der Waals surface area (Å²) in [5.41, 5.74) is 2.42. The first-order valence-electron chi connectivity index (χ1n) is 8.31. The SMILES string of the molecule is CCCOCC(=O)OCC1C2CCc3nnn(C)c3CCC21. The number of carbonyl (C=O) groups excluding carboxylic acids is 1. The van der Waals surface area contributed by atoms with Crippen LogP contribution in [0.15, 0.2) is 0 Å². The number of carbonyl (C=O) groups is 1. The van der Waals surface area contributed by atoms with Gasteiger partial charge >= 0.3 is 5.97 Å². The highest BCUT2D eigenvalue weighted by Gasteiger charge is 2.50. The summed E-state index contributed by atoms with van der Waals surface area (Å²) in [6.45, 7) is 3.26. The van der Waals surface area contributed by atoms with E-state index in [1.165, 1.54) is 5.69 Å². The molecule has 2 aliphatic carbocycles. The fourth-order valence-corrected chi connectivity index (χ4v) is 3.69. The monoisotopic (exact) mass is 307 g/mol. The summed E-state index contributed by atoms with van der Waals surface area (Å²) in [7, 11) is 1.97. The van der Waals surface area contributed by atoms with Crippen LogP contribution in [-0.4, -0.2) is 40.8 Å². The van der Waals surface area contributed by atoms with Gasteiger partial charge in [0.1, 0.15) is 6.61 Å². The molecule has 0 N–H and O–H groups in total. The molecule has 0 aromatic carbocycles. The first kappa shape index (κ1) is 15.5. The van der Waals surface area contributed by atoms with Gasteiger partial charge < -0.3 is 9.47 Å². The van der Waals surface area contributed by atoms with Crippen molar-refractivity contribution in [2.75, 3.05) is 19.8 Å². The van der Waals surface area contributed by atoms with Crippen LogP contribution in [0.25, 0.3) is 0 Å². The Balaban J connectivity index is 1.44. The zero-order valence-electron chi connectivity index (χ0n) is 13.5. The summed E-state index contributed by atoms with van der Waals surface area (Å²) < 4.78 is 12.5. The van der Waals surface area contributed by atoms with Crippen LogP contribution >= 0.6 is 0 Å². The maximum absolute atomic E-state index is 11.6. The Morgan fingerprint density at radius 1 is 1.32 bits per heavy atom. The third-order valence-electron chi connectivity index (χ3n) is 4.97. The molecule has 1 aromatic rings. The van der Waals surface area contributed by atoms with Crippen LogP contribution < -0.4 is 0 Å². The number of hydrogen-bond acceptors (Lipinski definition) is 5. The van der Waals surface area contributed by atoms with Crippen LogP contribution in [0.1, 0.15) is 37.6 Å². The fourth-order valence-electron chi connectivity index (χ4n) is 3.69. The summed E-state index contributed by atoms with van der Waals surface area (Å²) in [4.78, 5) is 11.6. The van der Waals surface area contributed by atoms with Crippen molar-refractivity contribution in [3.8, 4) is 0 Å². The average Bonchev–Trinajstić information content (AvgIpc) is 3.02. The topological polar surface area (TPSA) is 66.2 Å². The lowest BCUT2D eigenvalue weighted by atomic mass is 10.0. The van der Waals surface area contributed by atoms with Crippen molar-refractivity contribution in [2.24, 2.45) is 24.8 Å². The van der Waals surface area contributed by atoms with Gasteiger partial charge in [0.05, 0.1) is 18.0 Å². The van der Waals surface area contributed by atoms with Gasteiger partial charge in [-0.25, -0.2) is 4.79 Å². The quantitative estimate of drug-likeness (QED) is 0.589. The van der Waals surface area contributed by atoms with Gasteiger partial charge in [0.25, 0.3) is 0 Å². The third kappa shape index (κ3) is 3.32. The molecule has 0 bridgehead atoms. The van der Waals surface area contributed by atoms with E-state index < -0.39 is 0 Å². The molecule has 6 heteroatoms. The highest BCUT2D eigenvalue weighted by atomic mass is 16.6. The fraction of sp³-hybridized carbons (Fsp3) is 0.812. The van der Waals surface area contributed by atoms with E-state index in [0.29, 0.717) is 31.0 Å². The van der Waals surface area contributed by atoms with Crippen molar-refractivity contribution in [1.29, 1.82) is 0 Å². The Bertz CT molecular complexity index is 529. The van der Waals surface area contributed by atoms with Gasteiger partial charge in [0, 0.05) is 13.7 Å². The highest BCUT2D eigenvalue weighted by molar-refractivity contribution is 5.70. The number of aryl methyl sites for hydroxylation is 2. The predicted molar refractivity (Wildman–Crippen MR) is 80.2 cm³/mol. The zero-order chi connectivity index (χ0) is 15.5. The summed E-state index contributed by atoms with van der Waals surface area (Å²) in [6, 6.07) is 0. The van der Waals surface area contributed by atoms with Crippen LogP contribution in [0.4, 0.5) is 0 Å². The van der Waals surface area contributed by atoms with Gasteiger partial charge in [-0.2, -0.15) is 0 Å². The minimum atomic E-state index is -0.234. The van der Waals surface area contributed by atoms with Crippen LogP contribution in [-0.2, 0) is 34.2 Å². The molecule has 0 saturated heterocycles. The van der Waals surface area contributed by atoms with Gasteiger partial charge in [-0.3, -0.25) is 4.68 Å². The minimum Gasteiger partial charge on any atom is -0.464 e. The van der Waals surface area contributed by atoms with Gasteiger partial charge in [-0.15, -0.1) is 5.10 Å². The standard InChI is InChI=1S/C16H25N3O3/c1-3-8-21-10-16(20)22-9-13-11-4-6-14-15(7-5-12(11)13)19(2)18-17-14/h11-13H,3-10H2,1-2H3. The van der Waals surface area contributed by atoms with Crippen molar-refractivity contribution in [2.45, 2.75) is 39.0 Å². The summed E-state index contributed by atoms with van der Waals surface area (Å²) in [5.74, 6) is 1.66. The van der Waals surface area contributed by atoms with Gasteiger partial charge in [0.15, 0.2) is 0 Å². The minimum absolute atomic E-state index is 0.0803. The molecular formula is C16H25N3O3. The van der Waals surface area contributed by atoms with Crippen molar-refractivity contribution in [3.05, 3.63) is 11.4 Å². The Labute approximate surface area is 131 Å². The number of nitrogens with zero attached hydrogens (tertiary/aromatic N) is 3. The van der Waals surface area contributed by atoms with Crippen LogP contribution in [0.2, 0.25) is 0 Å². The van der Waals surface area contributed by atoms with E-state index in [4.69, 9.17) is 9.47 Å². The number of hydrogen-bond donors (Lipinski definition) is 0. The molecular weight excluding hydrogens is 282 g/mol. The zero-order valence-corrected chi connectivity index (χ0v) is 13.5. The summed E-state index contributed by atoms with van der Waals surface area (Å²) in [5, 5.41) is 8.38. The number of ether oxygens (including phenoxy) is 2. The molecule has 6 nitrogen and oxygen atoms in total. The van der Waals surface area contributed by atoms with Crippen molar-refractivity contribution in [3.63, 3.8) is 0 Å². The average molecular weight is 307 g/mol. The second kappa shape index (κ2) is 6.77. The molecule has 0 spiro atoms. The number of aromatic nitrogens is 3. The smallest absolute Gasteiger partial charge is 0.332 e. The molecule has 1 aromatic heterocycles. The first-order valence-corrected chi connectivity index (χ1v) is 8.31. The molecule has 1 fully saturated rings. The number of rotatable bonds is 6. The third-order valence-corrected chi connectivity index (χ3v) is 4.97. The van der Waals surface area contributed by atoms with Crippen molar-refractivity contribution < 1.29 is 14.3 Å². The molecule has 3 rings (SSSR count). The van der Waals surface area contributed by atoms with E-state index in [1.807, 2.05) is 18.7 Å². The Kier molecular flexibility index (Phi) is 4.76. The molecule has 122 valence electrons. The number of fused-ring (bicyclic) bond motifs is 2. The Hall–Kier alpha value is -1.43. The molecule has 0 amide bonds. The molecule has 0 radical (unpaired) electrons. The lowest BCUT2D eigenvalue weighted by Crippen LogP contribution is -2.15. The largest absolute Gasteiger partial charge is 0.464 e. The van der Waals surface area contributed by atoms with Crippen LogP contribution in [0.5, 0.6) is 0 Å². The molecule has 1 saturated carbocycles. The molecule has 3 unspecified atom stereocenters. The lowest BCUT2D eigenvalue weighted by Gasteiger charge is -2.07. The maximum atomic E-state index is 11.6. The normalized spacial score (nSPS) is 26.5. The lowest BCUT2D eigenvalue weighted by molar-refractivity contribution is -0.149. The van der Waals surface area contributed by atoms with Gasteiger partial charge in [0.2, 0.25) is 0 Å². The van der Waals surface area contributed by atoms with E-state index in [1.54, 1.807) is 0 Å². The molecule has 22 heavy (non-hydrogen) atoms. The maximum Gasteiger partial charge on any atom is 0.332 e. The van der Waals surface area contributed by atoms with Crippen molar-refractivity contribution >= 4 is 5.97 Å². The van der Waals surface area contributed by atoms with Crippen LogP contribution in [0.3, 0.4) is 0 Å². The predicted octanol–water partition coefficient (Wildman–Crippen LogP) is 1.53. The first-order chi connectivity index (χ1) is 10.7. The van der Waals surface area contributed by atoms with Gasteiger partial charge in [-0.05, 0) is 49.9 Å². The Morgan fingerprint density at radius 2 is 2.09 bits per heavy atom. The number of esters is 1. The van der Waals surface area contributed by atoms with E-state index in [0.717, 1.165) is 37.8 Å². The molecule has 1 heterocycles. The van der Waals surface area contributed by atoms with Crippen LogP contribution in [0, 0.1) is 17.8 Å². The van der Waals surface area contributed by atoms with Gasteiger partial charge in [-0.1, -0.05) is 12.1 Å². The molecule has 3 atom stereocenters.